The number of hydrogen-bond acceptors (Lipinski definition) is 4. The van der Waals surface area contributed by atoms with Gasteiger partial charge in [0, 0.05) is 29.8 Å². The highest BCUT2D eigenvalue weighted by Gasteiger charge is 2.13. The molecule has 0 saturated heterocycles. The molecule has 1 aromatic heterocycles. The number of benzene rings is 2. The number of ether oxygens (including phenoxy) is 1. The van der Waals surface area contributed by atoms with E-state index in [0.29, 0.717) is 39.1 Å². The molecule has 1 heterocycles. The zero-order valence-corrected chi connectivity index (χ0v) is 17.0. The molecular formula is C19H16Cl2N2O3S. The maximum atomic E-state index is 12.6. The first-order chi connectivity index (χ1) is 12.9. The van der Waals surface area contributed by atoms with Crippen molar-refractivity contribution in [3.8, 4) is 0 Å². The second-order valence-corrected chi connectivity index (χ2v) is 7.67. The van der Waals surface area contributed by atoms with Gasteiger partial charge in [-0.05, 0) is 31.2 Å². The third kappa shape index (κ3) is 4.30. The zero-order valence-electron chi connectivity index (χ0n) is 14.7. The topological polar surface area (TPSA) is 60.7 Å². The summed E-state index contributed by atoms with van der Waals surface area (Å²) in [5.74, 6) is -0.454. The maximum absolute atomic E-state index is 12.6. The summed E-state index contributed by atoms with van der Waals surface area (Å²) in [6.45, 7) is 2.42. The van der Waals surface area contributed by atoms with Crippen LogP contribution in [0.3, 0.4) is 0 Å². The predicted octanol–water partition coefficient (Wildman–Crippen LogP) is 4.60. The Kier molecular flexibility index (Phi) is 6.11. The Morgan fingerprint density at radius 3 is 2.44 bits per heavy atom. The van der Waals surface area contributed by atoms with Gasteiger partial charge in [-0.2, -0.15) is 4.99 Å². The molecule has 0 aliphatic carbocycles. The van der Waals surface area contributed by atoms with Crippen molar-refractivity contribution in [3.05, 3.63) is 62.4 Å². The normalized spacial score (nSPS) is 11.9. The second kappa shape index (κ2) is 8.35. The van der Waals surface area contributed by atoms with E-state index in [4.69, 9.17) is 27.9 Å². The number of rotatable bonds is 5. The lowest BCUT2D eigenvalue weighted by molar-refractivity contribution is 0.0991. The van der Waals surface area contributed by atoms with Crippen molar-refractivity contribution in [2.75, 3.05) is 13.7 Å². The van der Waals surface area contributed by atoms with Gasteiger partial charge in [0.05, 0.1) is 21.8 Å². The lowest BCUT2D eigenvalue weighted by Crippen LogP contribution is -2.19. The number of Topliss-reactive ketones (excluding diaryl/α,β-unsaturated/α-hetero) is 1. The Labute approximate surface area is 169 Å². The summed E-state index contributed by atoms with van der Waals surface area (Å²) in [6, 6.07) is 9.88. The highest BCUT2D eigenvalue weighted by Crippen LogP contribution is 2.29. The zero-order chi connectivity index (χ0) is 19.6. The fraction of sp³-hybridized carbons (Fsp3) is 0.211. The number of carbonyl (C=O) groups excluding carboxylic acids is 2. The van der Waals surface area contributed by atoms with Gasteiger partial charge in [-0.1, -0.05) is 46.7 Å². The minimum absolute atomic E-state index is 0.0561. The van der Waals surface area contributed by atoms with Crippen LogP contribution in [-0.2, 0) is 11.3 Å². The maximum Gasteiger partial charge on any atom is 0.279 e. The number of aromatic nitrogens is 1. The van der Waals surface area contributed by atoms with Crippen LogP contribution in [0.25, 0.3) is 10.2 Å². The number of amides is 1. The summed E-state index contributed by atoms with van der Waals surface area (Å²) in [6.07, 6.45) is 0. The highest BCUT2D eigenvalue weighted by molar-refractivity contribution is 7.16. The lowest BCUT2D eigenvalue weighted by atomic mass is 10.1. The van der Waals surface area contributed by atoms with Crippen molar-refractivity contribution in [1.82, 2.24) is 4.57 Å². The van der Waals surface area contributed by atoms with E-state index in [-0.39, 0.29) is 5.78 Å². The Hall–Kier alpha value is -1.99. The van der Waals surface area contributed by atoms with Gasteiger partial charge in [-0.3, -0.25) is 9.59 Å². The van der Waals surface area contributed by atoms with E-state index >= 15 is 0 Å². The molecule has 0 saturated carbocycles. The summed E-state index contributed by atoms with van der Waals surface area (Å²) in [4.78, 5) is 28.7. The largest absolute Gasteiger partial charge is 0.383 e. The van der Waals surface area contributed by atoms with Crippen LogP contribution in [0.5, 0.6) is 0 Å². The minimum Gasteiger partial charge on any atom is -0.383 e. The second-order valence-electron chi connectivity index (χ2n) is 5.81. The van der Waals surface area contributed by atoms with E-state index in [1.165, 1.54) is 18.3 Å². The van der Waals surface area contributed by atoms with E-state index in [1.54, 1.807) is 43.5 Å². The van der Waals surface area contributed by atoms with Crippen molar-refractivity contribution >= 4 is 56.4 Å². The summed E-state index contributed by atoms with van der Waals surface area (Å²) < 4.78 is 7.85. The molecule has 0 N–H and O–H groups in total. The van der Waals surface area contributed by atoms with Crippen LogP contribution in [-0.4, -0.2) is 30.0 Å². The highest BCUT2D eigenvalue weighted by atomic mass is 35.5. The van der Waals surface area contributed by atoms with Gasteiger partial charge in [-0.15, -0.1) is 0 Å². The summed E-state index contributed by atoms with van der Waals surface area (Å²) in [5, 5.41) is 1.01. The van der Waals surface area contributed by atoms with Gasteiger partial charge < -0.3 is 9.30 Å². The van der Waals surface area contributed by atoms with Gasteiger partial charge >= 0.3 is 0 Å². The average Bonchev–Trinajstić information content (AvgIpc) is 2.96. The number of thiazole rings is 1. The number of nitrogens with zero attached hydrogens (tertiary/aromatic N) is 2. The van der Waals surface area contributed by atoms with Crippen LogP contribution in [0.15, 0.2) is 41.4 Å². The van der Waals surface area contributed by atoms with Crippen LogP contribution in [0, 0.1) is 0 Å². The smallest absolute Gasteiger partial charge is 0.279 e. The first-order valence-corrected chi connectivity index (χ1v) is 9.65. The molecule has 140 valence electrons. The molecule has 0 spiro atoms. The number of halogens is 2. The molecular weight excluding hydrogens is 407 g/mol. The number of fused-ring (bicyclic) bond motifs is 1. The molecule has 27 heavy (non-hydrogen) atoms. The van der Waals surface area contributed by atoms with Gasteiger partial charge in [0.2, 0.25) is 0 Å². The van der Waals surface area contributed by atoms with Crippen molar-refractivity contribution in [2.45, 2.75) is 13.5 Å². The average molecular weight is 423 g/mol. The fourth-order valence-electron chi connectivity index (χ4n) is 2.60. The van der Waals surface area contributed by atoms with E-state index in [0.717, 1.165) is 10.2 Å². The Morgan fingerprint density at radius 1 is 1.15 bits per heavy atom. The van der Waals surface area contributed by atoms with E-state index < -0.39 is 5.91 Å². The third-order valence-corrected chi connectivity index (χ3v) is 5.48. The monoisotopic (exact) mass is 422 g/mol. The Morgan fingerprint density at radius 2 is 1.81 bits per heavy atom. The van der Waals surface area contributed by atoms with Crippen molar-refractivity contribution in [3.63, 3.8) is 0 Å². The molecule has 2 aromatic carbocycles. The standard InChI is InChI=1S/C19H16Cl2N2O3S/c1-11(24)12-3-5-13(6-4-12)18(25)22-19-23(7-8-26-2)17-15(21)9-14(20)10-16(17)27-19/h3-6,9-10H,7-8H2,1-2H3. The molecule has 0 fully saturated rings. The molecule has 0 unspecified atom stereocenters. The number of carbonyl (C=O) groups is 2. The third-order valence-electron chi connectivity index (χ3n) is 3.95. The lowest BCUT2D eigenvalue weighted by Gasteiger charge is -2.06. The first kappa shape index (κ1) is 19.8. The molecule has 0 radical (unpaired) electrons. The molecule has 0 atom stereocenters. The number of hydrogen-bond donors (Lipinski definition) is 0. The first-order valence-electron chi connectivity index (χ1n) is 8.08. The fourth-order valence-corrected chi connectivity index (χ4v) is 4.44. The Balaban J connectivity index is 2.09. The number of ketones is 1. The summed E-state index contributed by atoms with van der Waals surface area (Å²) in [5.41, 5.74) is 1.71. The van der Waals surface area contributed by atoms with Crippen LogP contribution >= 0.6 is 34.5 Å². The summed E-state index contributed by atoms with van der Waals surface area (Å²) in [7, 11) is 1.60. The SMILES string of the molecule is COCCn1c(=NC(=O)c2ccc(C(C)=O)cc2)sc2cc(Cl)cc(Cl)c21. The molecule has 0 aliphatic heterocycles. The van der Waals surface area contributed by atoms with E-state index in [2.05, 4.69) is 4.99 Å². The molecule has 0 bridgehead atoms. The summed E-state index contributed by atoms with van der Waals surface area (Å²) >= 11 is 13.8. The van der Waals surface area contributed by atoms with Crippen molar-refractivity contribution in [1.29, 1.82) is 0 Å². The van der Waals surface area contributed by atoms with Gasteiger partial charge in [0.1, 0.15) is 0 Å². The van der Waals surface area contributed by atoms with Crippen molar-refractivity contribution < 1.29 is 14.3 Å². The van der Waals surface area contributed by atoms with E-state index in [9.17, 15) is 9.59 Å². The number of methoxy groups -OCH3 is 1. The predicted molar refractivity (Wildman–Crippen MR) is 108 cm³/mol. The molecule has 0 aliphatic rings. The van der Waals surface area contributed by atoms with Gasteiger partial charge in [0.25, 0.3) is 5.91 Å². The van der Waals surface area contributed by atoms with Gasteiger partial charge in [0.15, 0.2) is 10.6 Å². The molecule has 3 aromatic rings. The quantitative estimate of drug-likeness (QED) is 0.564. The van der Waals surface area contributed by atoms with Gasteiger partial charge in [-0.25, -0.2) is 0 Å². The molecule has 8 heteroatoms. The van der Waals surface area contributed by atoms with Crippen LogP contribution in [0.2, 0.25) is 10.0 Å². The van der Waals surface area contributed by atoms with E-state index in [1.807, 2.05) is 4.57 Å². The minimum atomic E-state index is -0.398. The van der Waals surface area contributed by atoms with Crippen molar-refractivity contribution in [2.24, 2.45) is 4.99 Å². The van der Waals surface area contributed by atoms with Crippen LogP contribution in [0.4, 0.5) is 0 Å². The molecule has 5 nitrogen and oxygen atoms in total. The Bertz CT molecular complexity index is 1080. The molecule has 1 amide bonds. The van der Waals surface area contributed by atoms with Crippen LogP contribution < -0.4 is 4.80 Å². The van der Waals surface area contributed by atoms with Crippen LogP contribution in [0.1, 0.15) is 27.6 Å². The molecule has 3 rings (SSSR count).